The molecule has 1 amide bonds. The van der Waals surface area contributed by atoms with Crippen molar-refractivity contribution in [2.24, 2.45) is 17.8 Å². The van der Waals surface area contributed by atoms with Crippen LogP contribution < -0.4 is 5.32 Å². The summed E-state index contributed by atoms with van der Waals surface area (Å²) < 4.78 is 5.82. The van der Waals surface area contributed by atoms with E-state index in [4.69, 9.17) is 16.0 Å². The van der Waals surface area contributed by atoms with Crippen LogP contribution in [0.3, 0.4) is 0 Å². The third kappa shape index (κ3) is 2.76. The zero-order chi connectivity index (χ0) is 16.0. The molecular weight excluding hydrogens is 312 g/mol. The number of oxazole rings is 1. The highest BCUT2D eigenvalue weighted by Gasteiger charge is 2.56. The van der Waals surface area contributed by atoms with Crippen molar-refractivity contribution in [2.45, 2.75) is 32.7 Å². The number of halogens is 1. The van der Waals surface area contributed by atoms with E-state index in [1.54, 1.807) is 0 Å². The maximum Gasteiger partial charge on any atom is 0.224 e. The van der Waals surface area contributed by atoms with Crippen LogP contribution in [-0.2, 0) is 11.3 Å². The summed E-state index contributed by atoms with van der Waals surface area (Å²) in [5.74, 6) is 2.93. The molecule has 0 bridgehead atoms. The predicted molar refractivity (Wildman–Crippen MR) is 87.9 cm³/mol. The van der Waals surface area contributed by atoms with Crippen molar-refractivity contribution in [3.63, 3.8) is 0 Å². The first kappa shape index (κ1) is 14.8. The third-order valence-corrected chi connectivity index (χ3v) is 5.32. The molecule has 2 aliphatic carbocycles. The fourth-order valence-corrected chi connectivity index (χ4v) is 4.01. The van der Waals surface area contributed by atoms with Crippen LogP contribution in [0.5, 0.6) is 0 Å². The van der Waals surface area contributed by atoms with E-state index in [1.807, 2.05) is 31.2 Å². The zero-order valence-electron chi connectivity index (χ0n) is 13.0. The largest absolute Gasteiger partial charge is 0.438 e. The molecule has 2 aliphatic rings. The minimum atomic E-state index is 0.156. The highest BCUT2D eigenvalue weighted by atomic mass is 35.5. The van der Waals surface area contributed by atoms with Gasteiger partial charge in [-0.15, -0.1) is 0 Å². The summed E-state index contributed by atoms with van der Waals surface area (Å²) in [6.07, 6.45) is 3.70. The molecule has 1 aromatic carbocycles. The SMILES string of the molecule is Cc1nc(CNC(=O)C2C3CCCC32)oc1-c1ccc(Cl)cc1. The van der Waals surface area contributed by atoms with Crippen LogP contribution in [0.1, 0.15) is 30.8 Å². The van der Waals surface area contributed by atoms with Gasteiger partial charge in [0, 0.05) is 16.5 Å². The molecule has 2 saturated carbocycles. The predicted octanol–water partition coefficient (Wildman–Crippen LogP) is 3.97. The minimum absolute atomic E-state index is 0.156. The molecule has 4 nitrogen and oxygen atoms in total. The summed E-state index contributed by atoms with van der Waals surface area (Å²) >= 11 is 5.91. The van der Waals surface area contributed by atoms with Crippen LogP contribution in [0.15, 0.2) is 28.7 Å². The van der Waals surface area contributed by atoms with Gasteiger partial charge in [-0.05, 0) is 55.9 Å². The molecule has 120 valence electrons. The van der Waals surface area contributed by atoms with Gasteiger partial charge in [0.2, 0.25) is 11.8 Å². The Balaban J connectivity index is 1.41. The lowest BCUT2D eigenvalue weighted by Crippen LogP contribution is -2.26. The monoisotopic (exact) mass is 330 g/mol. The normalized spacial score (nSPS) is 25.2. The average molecular weight is 331 g/mol. The number of carbonyl (C=O) groups is 1. The lowest BCUT2D eigenvalue weighted by Gasteiger charge is -2.04. The number of hydrogen-bond donors (Lipinski definition) is 1. The number of aryl methyl sites for hydroxylation is 1. The Kier molecular flexibility index (Phi) is 3.64. The first-order valence-corrected chi connectivity index (χ1v) is 8.51. The summed E-state index contributed by atoms with van der Waals surface area (Å²) in [6.45, 7) is 2.26. The van der Waals surface area contributed by atoms with Gasteiger partial charge in [-0.3, -0.25) is 4.79 Å². The van der Waals surface area contributed by atoms with Gasteiger partial charge >= 0.3 is 0 Å². The second-order valence-electron chi connectivity index (χ2n) is 6.53. The van der Waals surface area contributed by atoms with Gasteiger partial charge in [0.1, 0.15) is 0 Å². The van der Waals surface area contributed by atoms with Gasteiger partial charge in [-0.25, -0.2) is 4.98 Å². The average Bonchev–Trinajstić information content (AvgIpc) is 2.87. The third-order valence-electron chi connectivity index (χ3n) is 5.07. The Hall–Kier alpha value is -1.81. The smallest absolute Gasteiger partial charge is 0.224 e. The Morgan fingerprint density at radius 2 is 2.00 bits per heavy atom. The van der Waals surface area contributed by atoms with Crippen molar-refractivity contribution in [1.29, 1.82) is 0 Å². The summed E-state index contributed by atoms with van der Waals surface area (Å²) in [7, 11) is 0. The Morgan fingerprint density at radius 3 is 2.70 bits per heavy atom. The van der Waals surface area contributed by atoms with Gasteiger partial charge in [-0.2, -0.15) is 0 Å². The number of nitrogens with zero attached hydrogens (tertiary/aromatic N) is 1. The van der Waals surface area contributed by atoms with Gasteiger partial charge < -0.3 is 9.73 Å². The number of rotatable bonds is 4. The summed E-state index contributed by atoms with van der Waals surface area (Å²) in [5.41, 5.74) is 1.76. The maximum absolute atomic E-state index is 12.2. The van der Waals surface area contributed by atoms with Crippen LogP contribution in [0.2, 0.25) is 5.02 Å². The van der Waals surface area contributed by atoms with Crippen molar-refractivity contribution in [2.75, 3.05) is 0 Å². The zero-order valence-corrected chi connectivity index (χ0v) is 13.8. The number of carbonyl (C=O) groups excluding carboxylic acids is 1. The van der Waals surface area contributed by atoms with E-state index >= 15 is 0 Å². The van der Waals surface area contributed by atoms with Gasteiger partial charge in [0.15, 0.2) is 5.76 Å². The molecule has 1 N–H and O–H groups in total. The second-order valence-corrected chi connectivity index (χ2v) is 6.97. The lowest BCUT2D eigenvalue weighted by atomic mass is 10.1. The second kappa shape index (κ2) is 5.68. The fourth-order valence-electron chi connectivity index (χ4n) is 3.89. The summed E-state index contributed by atoms with van der Waals surface area (Å²) in [6, 6.07) is 7.46. The molecule has 0 radical (unpaired) electrons. The van der Waals surface area contributed by atoms with Crippen LogP contribution in [0.4, 0.5) is 0 Å². The molecule has 2 aromatic rings. The number of hydrogen-bond acceptors (Lipinski definition) is 3. The van der Waals surface area contributed by atoms with Gasteiger partial charge in [0.05, 0.1) is 12.2 Å². The summed E-state index contributed by atoms with van der Waals surface area (Å²) in [5, 5.41) is 3.66. The number of aromatic nitrogens is 1. The first-order valence-electron chi connectivity index (χ1n) is 8.13. The molecule has 2 atom stereocenters. The van der Waals surface area contributed by atoms with Crippen molar-refractivity contribution in [3.05, 3.63) is 40.9 Å². The molecule has 23 heavy (non-hydrogen) atoms. The van der Waals surface area contributed by atoms with Gasteiger partial charge in [-0.1, -0.05) is 18.0 Å². The van der Waals surface area contributed by atoms with E-state index in [2.05, 4.69) is 10.3 Å². The van der Waals surface area contributed by atoms with E-state index in [-0.39, 0.29) is 11.8 Å². The number of fused-ring (bicyclic) bond motifs is 1. The fraction of sp³-hybridized carbons (Fsp3) is 0.444. The molecule has 5 heteroatoms. The van der Waals surface area contributed by atoms with Crippen molar-refractivity contribution < 1.29 is 9.21 Å². The first-order chi connectivity index (χ1) is 11.1. The molecule has 0 spiro atoms. The maximum atomic E-state index is 12.2. The number of nitrogens with one attached hydrogen (secondary N) is 1. The number of amides is 1. The molecule has 0 aliphatic heterocycles. The van der Waals surface area contributed by atoms with Crippen molar-refractivity contribution >= 4 is 17.5 Å². The number of benzene rings is 1. The molecule has 4 rings (SSSR count). The van der Waals surface area contributed by atoms with Gasteiger partial charge in [0.25, 0.3) is 0 Å². The van der Waals surface area contributed by atoms with E-state index < -0.39 is 0 Å². The van der Waals surface area contributed by atoms with Crippen LogP contribution in [-0.4, -0.2) is 10.9 Å². The van der Waals surface area contributed by atoms with Crippen LogP contribution >= 0.6 is 11.6 Å². The Labute approximate surface area is 140 Å². The quantitative estimate of drug-likeness (QED) is 0.923. The van der Waals surface area contributed by atoms with E-state index in [0.717, 1.165) is 17.0 Å². The van der Waals surface area contributed by atoms with Crippen LogP contribution in [0, 0.1) is 24.7 Å². The highest BCUT2D eigenvalue weighted by Crippen LogP contribution is 2.57. The Morgan fingerprint density at radius 1 is 1.30 bits per heavy atom. The Bertz CT molecular complexity index is 728. The minimum Gasteiger partial charge on any atom is -0.438 e. The van der Waals surface area contributed by atoms with Crippen molar-refractivity contribution in [3.8, 4) is 11.3 Å². The molecule has 1 heterocycles. The molecule has 1 aromatic heterocycles. The lowest BCUT2D eigenvalue weighted by molar-refractivity contribution is -0.123. The molecule has 2 unspecified atom stereocenters. The van der Waals surface area contributed by atoms with E-state index in [9.17, 15) is 4.79 Å². The van der Waals surface area contributed by atoms with Crippen molar-refractivity contribution in [1.82, 2.24) is 10.3 Å². The standard InChI is InChI=1S/C18H19ClN2O2/c1-10-17(11-5-7-12(19)8-6-11)23-15(21-10)9-20-18(22)16-13-3-2-4-14(13)16/h5-8,13-14,16H,2-4,9H2,1H3,(H,20,22). The topological polar surface area (TPSA) is 55.1 Å². The highest BCUT2D eigenvalue weighted by molar-refractivity contribution is 6.30. The van der Waals surface area contributed by atoms with Crippen LogP contribution in [0.25, 0.3) is 11.3 Å². The summed E-state index contributed by atoms with van der Waals surface area (Å²) in [4.78, 5) is 16.6. The molecule has 0 saturated heterocycles. The van der Waals surface area contributed by atoms with E-state index in [0.29, 0.717) is 29.3 Å². The molecular formula is C18H19ClN2O2. The van der Waals surface area contributed by atoms with E-state index in [1.165, 1.54) is 19.3 Å². The molecule has 2 fully saturated rings.